The molecular formula is C19H17ClN4O5S3. The fraction of sp³-hybridized carbons (Fsp3) is 0.263. The number of hydrogen-bond acceptors (Lipinski definition) is 7. The topological polar surface area (TPSA) is 115 Å². The molecule has 1 unspecified atom stereocenters. The second-order valence-electron chi connectivity index (χ2n) is 6.98. The van der Waals surface area contributed by atoms with Crippen molar-refractivity contribution in [3.63, 3.8) is 0 Å². The Morgan fingerprint density at radius 2 is 2.12 bits per heavy atom. The molecule has 1 aliphatic rings. The third-order valence-electron chi connectivity index (χ3n) is 4.99. The minimum absolute atomic E-state index is 0.0753. The minimum atomic E-state index is -3.87. The number of amides is 1. The normalized spacial score (nSPS) is 17.8. The fourth-order valence-electron chi connectivity index (χ4n) is 3.56. The Balaban J connectivity index is 1.74. The van der Waals surface area contributed by atoms with Crippen LogP contribution in [0, 0.1) is 10.1 Å². The lowest BCUT2D eigenvalue weighted by Gasteiger charge is -2.20. The monoisotopic (exact) mass is 512 g/mol. The summed E-state index contributed by atoms with van der Waals surface area (Å²) in [6.45, 7) is 4.21. The number of nitro groups is 1. The number of rotatable bonds is 6. The number of thiazole rings is 1. The third kappa shape index (κ3) is 4.16. The molecule has 1 atom stereocenters. The fourth-order valence-corrected chi connectivity index (χ4v) is 7.85. The second-order valence-corrected chi connectivity index (χ2v) is 11.8. The van der Waals surface area contributed by atoms with Crippen molar-refractivity contribution < 1.29 is 18.1 Å². The van der Waals surface area contributed by atoms with Crippen molar-refractivity contribution >= 4 is 66.1 Å². The van der Waals surface area contributed by atoms with Gasteiger partial charge in [0.25, 0.3) is 21.6 Å². The molecule has 1 aromatic carbocycles. The quantitative estimate of drug-likeness (QED) is 0.283. The number of hydrogen-bond donors (Lipinski definition) is 0. The van der Waals surface area contributed by atoms with Crippen molar-refractivity contribution in [3.05, 3.63) is 62.2 Å². The summed E-state index contributed by atoms with van der Waals surface area (Å²) in [5.41, 5.74) is 0.480. The van der Waals surface area contributed by atoms with Gasteiger partial charge >= 0.3 is 0 Å². The van der Waals surface area contributed by atoms with Crippen LogP contribution in [0.25, 0.3) is 10.2 Å². The Kier molecular flexibility index (Phi) is 6.32. The van der Waals surface area contributed by atoms with Gasteiger partial charge < -0.3 is 4.57 Å². The molecule has 1 saturated heterocycles. The SMILES string of the molecule is C=CCn1c(=NC(=O)C2CCCN2S(=O)(=O)c2ccc(Cl)s2)sc2ccc([N+](=O)[O-])cc21. The van der Waals surface area contributed by atoms with E-state index in [1.165, 1.54) is 39.9 Å². The first-order valence-electron chi connectivity index (χ1n) is 9.47. The molecule has 2 aromatic heterocycles. The van der Waals surface area contributed by atoms with Crippen LogP contribution in [0.5, 0.6) is 0 Å². The van der Waals surface area contributed by atoms with Crippen molar-refractivity contribution in [1.29, 1.82) is 0 Å². The molecule has 4 rings (SSSR count). The van der Waals surface area contributed by atoms with Crippen molar-refractivity contribution in [2.45, 2.75) is 29.6 Å². The summed E-state index contributed by atoms with van der Waals surface area (Å²) in [5.74, 6) is -0.576. The van der Waals surface area contributed by atoms with Gasteiger partial charge in [-0.2, -0.15) is 9.30 Å². The van der Waals surface area contributed by atoms with E-state index in [0.717, 1.165) is 11.3 Å². The highest BCUT2D eigenvalue weighted by molar-refractivity contribution is 7.91. The lowest BCUT2D eigenvalue weighted by Crippen LogP contribution is -2.40. The molecule has 1 fully saturated rings. The van der Waals surface area contributed by atoms with E-state index in [1.807, 2.05) is 0 Å². The van der Waals surface area contributed by atoms with Gasteiger partial charge in [0.05, 0.1) is 19.5 Å². The van der Waals surface area contributed by atoms with Crippen LogP contribution < -0.4 is 4.80 Å². The number of nitrogens with zero attached hydrogens (tertiary/aromatic N) is 4. The summed E-state index contributed by atoms with van der Waals surface area (Å²) in [5, 5.41) is 11.2. The van der Waals surface area contributed by atoms with Gasteiger partial charge in [-0.3, -0.25) is 14.9 Å². The Hall–Kier alpha value is -2.38. The average molecular weight is 513 g/mol. The highest BCUT2D eigenvalue weighted by atomic mass is 35.5. The molecular weight excluding hydrogens is 496 g/mol. The van der Waals surface area contributed by atoms with Gasteiger partial charge in [0.1, 0.15) is 10.3 Å². The lowest BCUT2D eigenvalue weighted by atomic mass is 10.2. The molecule has 1 amide bonds. The van der Waals surface area contributed by atoms with E-state index in [0.29, 0.717) is 32.2 Å². The molecule has 3 heterocycles. The molecule has 13 heteroatoms. The highest BCUT2D eigenvalue weighted by Crippen LogP contribution is 2.32. The number of nitro benzene ring substituents is 1. The van der Waals surface area contributed by atoms with Crippen molar-refractivity contribution in [1.82, 2.24) is 8.87 Å². The van der Waals surface area contributed by atoms with Crippen LogP contribution in [-0.4, -0.2) is 40.7 Å². The number of carbonyl (C=O) groups excluding carboxylic acids is 1. The zero-order valence-corrected chi connectivity index (χ0v) is 19.7. The van der Waals surface area contributed by atoms with Crippen molar-refractivity contribution in [2.75, 3.05) is 6.54 Å². The summed E-state index contributed by atoms with van der Waals surface area (Å²) >= 11 is 8.04. The Labute approximate surface area is 196 Å². The van der Waals surface area contributed by atoms with Crippen LogP contribution >= 0.6 is 34.3 Å². The zero-order valence-electron chi connectivity index (χ0n) is 16.5. The predicted molar refractivity (Wildman–Crippen MR) is 123 cm³/mol. The molecule has 9 nitrogen and oxygen atoms in total. The van der Waals surface area contributed by atoms with Crippen LogP contribution in [0.3, 0.4) is 0 Å². The summed E-state index contributed by atoms with van der Waals surface area (Å²) < 4.78 is 30.0. The summed E-state index contributed by atoms with van der Waals surface area (Å²) in [4.78, 5) is 28.3. The first-order valence-corrected chi connectivity index (χ1v) is 12.9. The van der Waals surface area contributed by atoms with E-state index >= 15 is 0 Å². The van der Waals surface area contributed by atoms with Gasteiger partial charge in [-0.05, 0) is 31.0 Å². The van der Waals surface area contributed by atoms with Crippen LogP contribution in [0.2, 0.25) is 4.34 Å². The van der Waals surface area contributed by atoms with Gasteiger partial charge in [-0.15, -0.1) is 17.9 Å². The van der Waals surface area contributed by atoms with E-state index in [2.05, 4.69) is 11.6 Å². The van der Waals surface area contributed by atoms with Crippen LogP contribution in [-0.2, 0) is 21.4 Å². The molecule has 0 bridgehead atoms. The Bertz CT molecular complexity index is 1410. The van der Waals surface area contributed by atoms with Crippen LogP contribution in [0.4, 0.5) is 5.69 Å². The molecule has 0 saturated carbocycles. The number of thiophene rings is 1. The Morgan fingerprint density at radius 3 is 2.78 bits per heavy atom. The van der Waals surface area contributed by atoms with Crippen LogP contribution in [0.1, 0.15) is 12.8 Å². The molecule has 0 N–H and O–H groups in total. The molecule has 1 aliphatic heterocycles. The molecule has 0 radical (unpaired) electrons. The summed E-state index contributed by atoms with van der Waals surface area (Å²) in [7, 11) is -3.87. The molecule has 0 spiro atoms. The van der Waals surface area contributed by atoms with E-state index in [4.69, 9.17) is 11.6 Å². The Morgan fingerprint density at radius 1 is 1.34 bits per heavy atom. The number of non-ortho nitro benzene ring substituents is 1. The number of allylic oxidation sites excluding steroid dienone is 1. The van der Waals surface area contributed by atoms with Gasteiger partial charge in [-0.25, -0.2) is 8.42 Å². The maximum atomic E-state index is 13.1. The second kappa shape index (κ2) is 8.87. The van der Waals surface area contributed by atoms with Gasteiger partial charge in [0.2, 0.25) is 0 Å². The van der Waals surface area contributed by atoms with E-state index in [-0.39, 0.29) is 23.0 Å². The van der Waals surface area contributed by atoms with Gasteiger partial charge in [-0.1, -0.05) is 29.0 Å². The third-order valence-corrected chi connectivity index (χ3v) is 9.66. The highest BCUT2D eigenvalue weighted by Gasteiger charge is 2.40. The number of sulfonamides is 1. The number of fused-ring (bicyclic) bond motifs is 1. The largest absolute Gasteiger partial charge is 0.312 e. The van der Waals surface area contributed by atoms with Gasteiger partial charge in [0, 0.05) is 25.2 Å². The minimum Gasteiger partial charge on any atom is -0.312 e. The lowest BCUT2D eigenvalue weighted by molar-refractivity contribution is -0.384. The average Bonchev–Trinajstić information content (AvgIpc) is 3.47. The predicted octanol–water partition coefficient (Wildman–Crippen LogP) is 3.79. The van der Waals surface area contributed by atoms with Gasteiger partial charge in [0.15, 0.2) is 4.80 Å². The van der Waals surface area contributed by atoms with E-state index < -0.39 is 26.9 Å². The van der Waals surface area contributed by atoms with Crippen molar-refractivity contribution in [3.8, 4) is 0 Å². The zero-order chi connectivity index (χ0) is 23.0. The smallest absolute Gasteiger partial charge is 0.271 e. The molecule has 168 valence electrons. The summed E-state index contributed by atoms with van der Waals surface area (Å²) in [6, 6.07) is 6.43. The molecule has 3 aromatic rings. The van der Waals surface area contributed by atoms with Crippen molar-refractivity contribution in [2.24, 2.45) is 4.99 Å². The first-order chi connectivity index (χ1) is 15.2. The first kappa shape index (κ1) is 22.8. The molecule has 0 aliphatic carbocycles. The maximum absolute atomic E-state index is 13.1. The maximum Gasteiger partial charge on any atom is 0.271 e. The van der Waals surface area contributed by atoms with E-state index in [1.54, 1.807) is 16.7 Å². The summed E-state index contributed by atoms with van der Waals surface area (Å²) in [6.07, 6.45) is 2.50. The van der Waals surface area contributed by atoms with E-state index in [9.17, 15) is 23.3 Å². The number of aromatic nitrogens is 1. The molecule has 32 heavy (non-hydrogen) atoms. The number of halogens is 1. The standard InChI is InChI=1S/C19H17ClN4O5S3/c1-2-9-22-14-11-12(24(26)27)5-6-15(14)30-19(22)21-18(25)13-4-3-10-23(13)32(28,29)17-8-7-16(20)31-17/h2,5-8,11,13H,1,3-4,9-10H2. The van der Waals surface area contributed by atoms with Crippen LogP contribution in [0.15, 0.2) is 52.2 Å². The number of benzene rings is 1. The number of carbonyl (C=O) groups is 1.